The van der Waals surface area contributed by atoms with E-state index in [0.29, 0.717) is 5.69 Å². The number of ether oxygens (including phenoxy) is 1. The molecule has 0 fully saturated rings. The first-order valence-electron chi connectivity index (χ1n) is 6.02. The number of esters is 1. The summed E-state index contributed by atoms with van der Waals surface area (Å²) in [5.41, 5.74) is 1.58. The number of carbonyl (C=O) groups excluding carboxylic acids is 1. The van der Waals surface area contributed by atoms with Crippen LogP contribution in [0.25, 0.3) is 0 Å². The Kier molecular flexibility index (Phi) is 4.77. The molecule has 2 rings (SSSR count). The average Bonchev–Trinajstić information content (AvgIpc) is 2.82. The molecule has 0 bridgehead atoms. The van der Waals surface area contributed by atoms with E-state index in [1.807, 2.05) is 31.0 Å². The molecule has 1 heterocycles. The van der Waals surface area contributed by atoms with Gasteiger partial charge in [0.15, 0.2) is 10.8 Å². The molecular weight excluding hydrogens is 340 g/mol. The third-order valence-corrected chi connectivity index (χ3v) is 4.44. The van der Waals surface area contributed by atoms with Crippen molar-refractivity contribution in [1.29, 1.82) is 0 Å². The topological polar surface area (TPSA) is 42.4 Å². The van der Waals surface area contributed by atoms with Crippen LogP contribution in [0.3, 0.4) is 0 Å². The maximum Gasteiger partial charge on any atom is 0.357 e. The Bertz CT molecular complexity index is 610. The number of thiazole rings is 1. The van der Waals surface area contributed by atoms with Gasteiger partial charge in [-0.15, -0.1) is 11.3 Å². The molecule has 4 nitrogen and oxygen atoms in total. The third-order valence-electron chi connectivity index (χ3n) is 2.82. The maximum absolute atomic E-state index is 11.6. The minimum absolute atomic E-state index is 0.387. The van der Waals surface area contributed by atoms with Crippen molar-refractivity contribution in [2.45, 2.75) is 13.5 Å². The van der Waals surface area contributed by atoms with Crippen molar-refractivity contribution < 1.29 is 9.53 Å². The number of hydrogen-bond donors (Lipinski definition) is 0. The van der Waals surface area contributed by atoms with Crippen LogP contribution in [0.5, 0.6) is 0 Å². The Balaban J connectivity index is 2.15. The number of halogens is 1. The van der Waals surface area contributed by atoms with Gasteiger partial charge in [0.1, 0.15) is 0 Å². The van der Waals surface area contributed by atoms with Crippen molar-refractivity contribution in [3.63, 3.8) is 0 Å². The van der Waals surface area contributed by atoms with Gasteiger partial charge in [-0.25, -0.2) is 9.78 Å². The lowest BCUT2D eigenvalue weighted by Gasteiger charge is -2.15. The van der Waals surface area contributed by atoms with E-state index in [1.54, 1.807) is 0 Å². The zero-order valence-electron chi connectivity index (χ0n) is 11.5. The lowest BCUT2D eigenvalue weighted by atomic mass is 10.2. The number of methoxy groups -OCH3 is 1. The summed E-state index contributed by atoms with van der Waals surface area (Å²) in [6, 6.07) is 8.14. The second kappa shape index (κ2) is 6.37. The fourth-order valence-electron chi connectivity index (χ4n) is 1.76. The SMILES string of the molecule is COC(=O)c1nc(N(C)Cc2ccc(Br)cc2)sc1C. The first-order valence-corrected chi connectivity index (χ1v) is 7.63. The van der Waals surface area contributed by atoms with Gasteiger partial charge < -0.3 is 9.64 Å². The molecule has 0 aliphatic rings. The molecule has 0 aliphatic carbocycles. The van der Waals surface area contributed by atoms with E-state index in [9.17, 15) is 4.79 Å². The lowest BCUT2D eigenvalue weighted by molar-refractivity contribution is 0.0594. The predicted molar refractivity (Wildman–Crippen MR) is 84.4 cm³/mol. The van der Waals surface area contributed by atoms with Crippen LogP contribution < -0.4 is 4.90 Å². The number of aryl methyl sites for hydroxylation is 1. The van der Waals surface area contributed by atoms with Gasteiger partial charge in [-0.05, 0) is 24.6 Å². The van der Waals surface area contributed by atoms with E-state index < -0.39 is 0 Å². The van der Waals surface area contributed by atoms with Gasteiger partial charge in [0.25, 0.3) is 0 Å². The van der Waals surface area contributed by atoms with Crippen LogP contribution in [0.1, 0.15) is 20.9 Å². The molecule has 20 heavy (non-hydrogen) atoms. The van der Waals surface area contributed by atoms with Crippen molar-refractivity contribution in [3.8, 4) is 0 Å². The van der Waals surface area contributed by atoms with Crippen LogP contribution >= 0.6 is 27.3 Å². The highest BCUT2D eigenvalue weighted by atomic mass is 79.9. The van der Waals surface area contributed by atoms with E-state index in [1.165, 1.54) is 24.0 Å². The average molecular weight is 355 g/mol. The predicted octanol–water partition coefficient (Wildman–Crippen LogP) is 3.64. The summed E-state index contributed by atoms with van der Waals surface area (Å²) in [4.78, 5) is 18.8. The summed E-state index contributed by atoms with van der Waals surface area (Å²) in [5.74, 6) is -0.387. The summed E-state index contributed by atoms with van der Waals surface area (Å²) < 4.78 is 5.78. The van der Waals surface area contributed by atoms with Crippen molar-refractivity contribution in [1.82, 2.24) is 4.98 Å². The molecule has 1 aromatic carbocycles. The fraction of sp³-hybridized carbons (Fsp3) is 0.286. The number of carbonyl (C=O) groups is 1. The summed E-state index contributed by atoms with van der Waals surface area (Å²) in [6.45, 7) is 2.61. The minimum atomic E-state index is -0.387. The van der Waals surface area contributed by atoms with Gasteiger partial charge in [-0.2, -0.15) is 0 Å². The Hall–Kier alpha value is -1.40. The number of hydrogen-bond acceptors (Lipinski definition) is 5. The van der Waals surface area contributed by atoms with Gasteiger partial charge in [0.05, 0.1) is 7.11 Å². The highest BCUT2D eigenvalue weighted by Crippen LogP contribution is 2.26. The van der Waals surface area contributed by atoms with Crippen LogP contribution in [-0.2, 0) is 11.3 Å². The van der Waals surface area contributed by atoms with E-state index in [4.69, 9.17) is 4.74 Å². The minimum Gasteiger partial charge on any atom is -0.464 e. The molecule has 0 atom stereocenters. The van der Waals surface area contributed by atoms with Gasteiger partial charge in [0.2, 0.25) is 0 Å². The second-order valence-corrected chi connectivity index (χ2v) is 6.47. The van der Waals surface area contributed by atoms with Gasteiger partial charge in [-0.1, -0.05) is 28.1 Å². The van der Waals surface area contributed by atoms with Crippen LogP contribution in [0.4, 0.5) is 5.13 Å². The fourth-order valence-corrected chi connectivity index (χ4v) is 2.88. The van der Waals surface area contributed by atoms with Crippen molar-refractivity contribution in [2.75, 3.05) is 19.1 Å². The maximum atomic E-state index is 11.6. The summed E-state index contributed by atoms with van der Waals surface area (Å²) in [7, 11) is 3.33. The molecule has 0 saturated heterocycles. The zero-order chi connectivity index (χ0) is 14.7. The van der Waals surface area contributed by atoms with Crippen LogP contribution in [0, 0.1) is 6.92 Å². The first kappa shape index (κ1) is 15.0. The van der Waals surface area contributed by atoms with Crippen molar-refractivity contribution >= 4 is 38.4 Å². The normalized spacial score (nSPS) is 10.4. The van der Waals surface area contributed by atoms with E-state index >= 15 is 0 Å². The Morgan fingerprint density at radius 2 is 2.05 bits per heavy atom. The largest absolute Gasteiger partial charge is 0.464 e. The standard InChI is InChI=1S/C14H15BrN2O2S/c1-9-12(13(18)19-3)16-14(20-9)17(2)8-10-4-6-11(15)7-5-10/h4-7H,8H2,1-3H3. The molecule has 0 saturated carbocycles. The summed E-state index contributed by atoms with van der Waals surface area (Å²) >= 11 is 4.91. The van der Waals surface area contributed by atoms with Crippen LogP contribution in [0.2, 0.25) is 0 Å². The quantitative estimate of drug-likeness (QED) is 0.786. The number of anilines is 1. The Morgan fingerprint density at radius 1 is 1.40 bits per heavy atom. The Labute approximate surface area is 130 Å². The highest BCUT2D eigenvalue weighted by molar-refractivity contribution is 9.10. The van der Waals surface area contributed by atoms with Gasteiger partial charge in [0, 0.05) is 22.9 Å². The van der Waals surface area contributed by atoms with E-state index in [-0.39, 0.29) is 5.97 Å². The first-order chi connectivity index (χ1) is 9.51. The molecule has 0 spiro atoms. The van der Waals surface area contributed by atoms with Crippen LogP contribution in [-0.4, -0.2) is 25.1 Å². The molecule has 2 aromatic rings. The van der Waals surface area contributed by atoms with Gasteiger partial charge >= 0.3 is 5.97 Å². The number of nitrogens with zero attached hydrogens (tertiary/aromatic N) is 2. The molecule has 0 radical (unpaired) electrons. The molecule has 0 aliphatic heterocycles. The zero-order valence-corrected chi connectivity index (χ0v) is 13.9. The van der Waals surface area contributed by atoms with Gasteiger partial charge in [-0.3, -0.25) is 0 Å². The number of rotatable bonds is 4. The second-order valence-electron chi connectivity index (χ2n) is 4.38. The smallest absolute Gasteiger partial charge is 0.357 e. The molecule has 1 aromatic heterocycles. The summed E-state index contributed by atoms with van der Waals surface area (Å²) in [6.07, 6.45) is 0. The molecule has 0 N–H and O–H groups in total. The van der Waals surface area contributed by atoms with Crippen LogP contribution in [0.15, 0.2) is 28.7 Å². The monoisotopic (exact) mass is 354 g/mol. The van der Waals surface area contributed by atoms with Crippen molar-refractivity contribution in [3.05, 3.63) is 44.9 Å². The number of aromatic nitrogens is 1. The molecule has 0 unspecified atom stereocenters. The number of benzene rings is 1. The van der Waals surface area contributed by atoms with Crippen molar-refractivity contribution in [2.24, 2.45) is 0 Å². The third kappa shape index (κ3) is 3.37. The van der Waals surface area contributed by atoms with E-state index in [0.717, 1.165) is 21.0 Å². The lowest BCUT2D eigenvalue weighted by Crippen LogP contribution is -2.16. The molecular formula is C14H15BrN2O2S. The highest BCUT2D eigenvalue weighted by Gasteiger charge is 2.17. The summed E-state index contributed by atoms with van der Waals surface area (Å²) in [5, 5.41) is 0.811. The molecule has 6 heteroatoms. The molecule has 106 valence electrons. The van der Waals surface area contributed by atoms with E-state index in [2.05, 4.69) is 33.0 Å². The molecule has 0 amide bonds. The Morgan fingerprint density at radius 3 is 2.65 bits per heavy atom.